The number of aliphatic hydroxyl groups is 2. The van der Waals surface area contributed by atoms with Crippen molar-refractivity contribution in [3.63, 3.8) is 0 Å². The van der Waals surface area contributed by atoms with Crippen molar-refractivity contribution in [2.75, 3.05) is 6.54 Å². The molecule has 2 amide bonds. The number of benzene rings is 2. The second kappa shape index (κ2) is 11.1. The normalized spacial score (nSPS) is 23.9. The molecule has 9 nitrogen and oxygen atoms in total. The van der Waals surface area contributed by atoms with Gasteiger partial charge in [0.15, 0.2) is 0 Å². The van der Waals surface area contributed by atoms with Gasteiger partial charge in [0.25, 0.3) is 0 Å². The smallest absolute Gasteiger partial charge is 0.424 e. The molecule has 0 saturated carbocycles. The molecule has 2 aromatic rings. The molecular weight excluding hydrogens is 412 g/mol. The van der Waals surface area contributed by atoms with Gasteiger partial charge in [0, 0.05) is 6.54 Å². The third-order valence-corrected chi connectivity index (χ3v) is 5.50. The summed E-state index contributed by atoms with van der Waals surface area (Å²) in [6, 6.07) is 16.3. The van der Waals surface area contributed by atoms with E-state index in [4.69, 9.17) is 10.5 Å². The van der Waals surface area contributed by atoms with Crippen LogP contribution >= 0.6 is 0 Å². The van der Waals surface area contributed by atoms with Gasteiger partial charge in [0.1, 0.15) is 18.8 Å². The Labute approximate surface area is 187 Å². The molecule has 0 radical (unpaired) electrons. The summed E-state index contributed by atoms with van der Waals surface area (Å²) in [4.78, 5) is 25.0. The molecule has 0 bridgehead atoms. The van der Waals surface area contributed by atoms with Gasteiger partial charge in [-0.25, -0.2) is 15.2 Å². The van der Waals surface area contributed by atoms with Crippen LogP contribution in [0.25, 0.3) is 0 Å². The first-order chi connectivity index (χ1) is 15.4. The molecule has 0 aliphatic carbocycles. The number of carbonyl (C=O) groups is 2. The van der Waals surface area contributed by atoms with Crippen LogP contribution in [0.15, 0.2) is 60.7 Å². The Hall–Kier alpha value is -2.98. The zero-order valence-corrected chi connectivity index (χ0v) is 17.9. The van der Waals surface area contributed by atoms with E-state index in [1.54, 1.807) is 6.92 Å². The Balaban J connectivity index is 1.54. The summed E-state index contributed by atoms with van der Waals surface area (Å²) in [5, 5.41) is 24.7. The van der Waals surface area contributed by atoms with Crippen molar-refractivity contribution in [2.45, 2.75) is 50.3 Å². The Morgan fingerprint density at radius 3 is 2.28 bits per heavy atom. The van der Waals surface area contributed by atoms with Crippen molar-refractivity contribution in [2.24, 2.45) is 5.73 Å². The lowest BCUT2D eigenvalue weighted by molar-refractivity contribution is -0.125. The van der Waals surface area contributed by atoms with Crippen molar-refractivity contribution < 1.29 is 24.5 Å². The largest absolute Gasteiger partial charge is 0.444 e. The first-order valence-corrected chi connectivity index (χ1v) is 10.6. The molecule has 0 unspecified atom stereocenters. The van der Waals surface area contributed by atoms with E-state index >= 15 is 0 Å². The summed E-state index contributed by atoms with van der Waals surface area (Å²) >= 11 is 0. The average molecular weight is 443 g/mol. The fraction of sp³-hybridized carbons (Fsp3) is 0.391. The standard InChI is InChI=1S/C23H30N4O5/c1-15-20(28)21(29)19(13-25-22(30)18(24)12-16-8-4-2-5-9-16)26-27(15)23(31)32-14-17-10-6-3-7-11-17/h2-11,15,18-21,26,28-29H,12-14,24H2,1H3,(H,25,30)/t15-,18-,19-,20+,21-/m0/s1. The molecule has 32 heavy (non-hydrogen) atoms. The molecule has 3 rings (SSSR count). The predicted molar refractivity (Wildman–Crippen MR) is 118 cm³/mol. The number of ether oxygens (including phenoxy) is 1. The summed E-state index contributed by atoms with van der Waals surface area (Å²) < 4.78 is 5.32. The zero-order chi connectivity index (χ0) is 23.1. The lowest BCUT2D eigenvalue weighted by atomic mass is 9.97. The molecule has 1 saturated heterocycles. The molecule has 9 heteroatoms. The number of hydrogen-bond acceptors (Lipinski definition) is 7. The number of nitrogens with zero attached hydrogens (tertiary/aromatic N) is 1. The van der Waals surface area contributed by atoms with Gasteiger partial charge in [-0.15, -0.1) is 0 Å². The summed E-state index contributed by atoms with van der Waals surface area (Å²) in [5.74, 6) is -0.394. The molecule has 0 aromatic heterocycles. The van der Waals surface area contributed by atoms with E-state index in [1.165, 1.54) is 0 Å². The highest BCUT2D eigenvalue weighted by Crippen LogP contribution is 2.18. The highest BCUT2D eigenvalue weighted by molar-refractivity contribution is 5.81. The maximum absolute atomic E-state index is 12.6. The van der Waals surface area contributed by atoms with Crippen molar-refractivity contribution in [1.82, 2.24) is 15.8 Å². The molecule has 1 aliphatic heterocycles. The number of aliphatic hydroxyl groups excluding tert-OH is 2. The minimum atomic E-state index is -1.22. The Morgan fingerprint density at radius 2 is 1.66 bits per heavy atom. The Bertz CT molecular complexity index is 882. The monoisotopic (exact) mass is 442 g/mol. The maximum Gasteiger partial charge on any atom is 0.424 e. The number of hydrogen-bond donors (Lipinski definition) is 5. The highest BCUT2D eigenvalue weighted by atomic mass is 16.6. The van der Waals surface area contributed by atoms with E-state index in [1.807, 2.05) is 60.7 Å². The fourth-order valence-electron chi connectivity index (χ4n) is 3.53. The van der Waals surface area contributed by atoms with Crippen molar-refractivity contribution in [1.29, 1.82) is 0 Å². The van der Waals surface area contributed by atoms with Crippen molar-refractivity contribution in [3.05, 3.63) is 71.8 Å². The molecule has 1 heterocycles. The van der Waals surface area contributed by atoms with E-state index < -0.39 is 42.3 Å². The molecule has 2 aromatic carbocycles. The number of nitrogens with two attached hydrogens (primary N) is 1. The minimum absolute atomic E-state index is 0.0330. The van der Waals surface area contributed by atoms with Crippen LogP contribution in [0.2, 0.25) is 0 Å². The topological polar surface area (TPSA) is 137 Å². The Kier molecular flexibility index (Phi) is 8.18. The van der Waals surface area contributed by atoms with E-state index in [2.05, 4.69) is 10.7 Å². The van der Waals surface area contributed by atoms with Gasteiger partial charge < -0.3 is 26.0 Å². The predicted octanol–water partition coefficient (Wildman–Crippen LogP) is 0.309. The van der Waals surface area contributed by atoms with Crippen LogP contribution in [0.1, 0.15) is 18.1 Å². The average Bonchev–Trinajstić information content (AvgIpc) is 2.81. The van der Waals surface area contributed by atoms with Crippen molar-refractivity contribution in [3.8, 4) is 0 Å². The maximum atomic E-state index is 12.6. The van der Waals surface area contributed by atoms with Crippen LogP contribution < -0.4 is 16.5 Å². The van der Waals surface area contributed by atoms with Crippen LogP contribution in [0.3, 0.4) is 0 Å². The van der Waals surface area contributed by atoms with Crippen LogP contribution in [0.4, 0.5) is 4.79 Å². The Morgan fingerprint density at radius 1 is 1.06 bits per heavy atom. The van der Waals surface area contributed by atoms with Gasteiger partial charge in [-0.3, -0.25) is 4.79 Å². The zero-order valence-electron chi connectivity index (χ0n) is 17.9. The molecule has 172 valence electrons. The van der Waals surface area contributed by atoms with Gasteiger partial charge in [-0.1, -0.05) is 60.7 Å². The van der Waals surface area contributed by atoms with E-state index in [0.717, 1.165) is 16.1 Å². The van der Waals surface area contributed by atoms with Gasteiger partial charge in [-0.05, 0) is 24.5 Å². The molecule has 0 spiro atoms. The first-order valence-electron chi connectivity index (χ1n) is 10.6. The third-order valence-electron chi connectivity index (χ3n) is 5.50. The fourth-order valence-corrected chi connectivity index (χ4v) is 3.53. The van der Waals surface area contributed by atoms with Crippen LogP contribution in [-0.4, -0.2) is 64.1 Å². The van der Waals surface area contributed by atoms with E-state index in [0.29, 0.717) is 6.42 Å². The quantitative estimate of drug-likeness (QED) is 0.416. The number of carbonyl (C=O) groups excluding carboxylic acids is 2. The van der Waals surface area contributed by atoms with Gasteiger partial charge in [-0.2, -0.15) is 0 Å². The minimum Gasteiger partial charge on any atom is -0.444 e. The molecular formula is C23H30N4O5. The molecule has 5 atom stereocenters. The van der Waals surface area contributed by atoms with E-state index in [-0.39, 0.29) is 13.2 Å². The summed E-state index contributed by atoms with van der Waals surface area (Å²) in [5.41, 5.74) is 10.6. The van der Waals surface area contributed by atoms with Crippen LogP contribution in [0.5, 0.6) is 0 Å². The second-order valence-corrected chi connectivity index (χ2v) is 7.91. The molecule has 1 fully saturated rings. The van der Waals surface area contributed by atoms with Crippen LogP contribution in [-0.2, 0) is 22.6 Å². The highest BCUT2D eigenvalue weighted by Gasteiger charge is 2.42. The molecule has 6 N–H and O–H groups in total. The number of rotatable bonds is 7. The lowest BCUT2D eigenvalue weighted by Crippen LogP contribution is -2.70. The molecule has 1 aliphatic rings. The summed E-state index contributed by atoms with van der Waals surface area (Å²) in [6.45, 7) is 1.63. The SMILES string of the molecule is C[C@H]1[C@@H](O)[C@@H](O)[C@H](CNC(=O)[C@@H](N)Cc2ccccc2)NN1C(=O)OCc1ccccc1. The van der Waals surface area contributed by atoms with Gasteiger partial charge >= 0.3 is 6.09 Å². The summed E-state index contributed by atoms with van der Waals surface area (Å²) in [6.07, 6.45) is -2.75. The van der Waals surface area contributed by atoms with Gasteiger partial charge in [0.05, 0.1) is 18.1 Å². The summed E-state index contributed by atoms with van der Waals surface area (Å²) in [7, 11) is 0. The third kappa shape index (κ3) is 6.04. The lowest BCUT2D eigenvalue weighted by Gasteiger charge is -2.44. The van der Waals surface area contributed by atoms with Gasteiger partial charge in [0.2, 0.25) is 5.91 Å². The van der Waals surface area contributed by atoms with Crippen molar-refractivity contribution >= 4 is 12.0 Å². The van der Waals surface area contributed by atoms with E-state index in [9.17, 15) is 19.8 Å². The number of nitrogens with one attached hydrogen (secondary N) is 2. The second-order valence-electron chi connectivity index (χ2n) is 7.91. The number of amides is 2. The number of hydrazine groups is 1. The first kappa shape index (κ1) is 23.7. The van der Waals surface area contributed by atoms with Crippen LogP contribution in [0, 0.1) is 0 Å².